The van der Waals surface area contributed by atoms with E-state index in [0.29, 0.717) is 0 Å². The highest BCUT2D eigenvalue weighted by atomic mass is 79.9. The Kier molecular flexibility index (Phi) is 14.7. The molecule has 1 rings (SSSR count). The molecule has 0 aliphatic carbocycles. The molecule has 0 bridgehead atoms. The molecule has 1 aromatic rings. The van der Waals surface area contributed by atoms with Gasteiger partial charge < -0.3 is 39.8 Å². The zero-order chi connectivity index (χ0) is 14.3. The molecule has 3 nitrogen and oxygen atoms in total. The summed E-state index contributed by atoms with van der Waals surface area (Å²) in [6.45, 7) is 2.98. The summed E-state index contributed by atoms with van der Waals surface area (Å²) < 4.78 is 7.90. The SMILES string of the molecule is C[NH2+]CCCOc1c(Br)cc(CC[NH+](C)C)cc1Br.[Cl-].[Cl-]. The molecule has 0 heterocycles. The Morgan fingerprint density at radius 3 is 2.19 bits per heavy atom. The van der Waals surface area contributed by atoms with Crippen LogP contribution in [0.1, 0.15) is 12.0 Å². The van der Waals surface area contributed by atoms with Gasteiger partial charge in [-0.15, -0.1) is 0 Å². The van der Waals surface area contributed by atoms with Crippen molar-refractivity contribution in [2.45, 2.75) is 12.8 Å². The first-order valence-electron chi connectivity index (χ1n) is 6.72. The van der Waals surface area contributed by atoms with E-state index in [2.05, 4.69) is 70.5 Å². The van der Waals surface area contributed by atoms with Gasteiger partial charge in [-0.3, -0.25) is 0 Å². The smallest absolute Gasteiger partial charge is 0.147 e. The van der Waals surface area contributed by atoms with Gasteiger partial charge in [-0.2, -0.15) is 0 Å². The van der Waals surface area contributed by atoms with Crippen LogP contribution in [0.15, 0.2) is 21.1 Å². The number of benzene rings is 1. The van der Waals surface area contributed by atoms with Gasteiger partial charge in [0.05, 0.1) is 49.8 Å². The predicted octanol–water partition coefficient (Wildman–Crippen LogP) is -5.13. The standard InChI is InChI=1S/C14H22Br2N2O.2ClH/c1-17-6-4-8-19-14-12(15)9-11(10-13(14)16)5-7-18(2)3;;/h9-10,17H,4-8H2,1-3H3;2*1H. The molecule has 0 radical (unpaired) electrons. The maximum atomic E-state index is 5.83. The van der Waals surface area contributed by atoms with Crippen molar-refractivity contribution in [1.29, 1.82) is 0 Å². The van der Waals surface area contributed by atoms with Gasteiger partial charge in [-0.05, 0) is 49.6 Å². The Balaban J connectivity index is 0. The molecule has 0 saturated heterocycles. The molecular weight excluding hydrogens is 443 g/mol. The predicted molar refractivity (Wildman–Crippen MR) is 86.1 cm³/mol. The van der Waals surface area contributed by atoms with E-state index in [4.69, 9.17) is 4.74 Å². The molecule has 0 unspecified atom stereocenters. The number of hydrogen-bond donors (Lipinski definition) is 2. The first-order valence-corrected chi connectivity index (χ1v) is 8.30. The molecule has 1 aromatic carbocycles. The van der Waals surface area contributed by atoms with Crippen molar-refractivity contribution in [3.05, 3.63) is 26.6 Å². The third kappa shape index (κ3) is 9.26. The van der Waals surface area contributed by atoms with Gasteiger partial charge in [0.2, 0.25) is 0 Å². The number of nitrogens with one attached hydrogen (secondary N) is 1. The fraction of sp³-hybridized carbons (Fsp3) is 0.571. The van der Waals surface area contributed by atoms with E-state index in [-0.39, 0.29) is 24.8 Å². The number of hydrogen-bond acceptors (Lipinski definition) is 1. The summed E-state index contributed by atoms with van der Waals surface area (Å²) in [5.41, 5.74) is 1.33. The fourth-order valence-electron chi connectivity index (χ4n) is 1.75. The van der Waals surface area contributed by atoms with Crippen LogP contribution in [0, 0.1) is 0 Å². The van der Waals surface area contributed by atoms with E-state index in [1.54, 1.807) is 0 Å². The maximum absolute atomic E-state index is 5.83. The minimum Gasteiger partial charge on any atom is -1.00 e. The van der Waals surface area contributed by atoms with Crippen molar-refractivity contribution in [2.75, 3.05) is 40.8 Å². The Hall–Kier alpha value is 0.480. The van der Waals surface area contributed by atoms with Crippen LogP contribution in [0.25, 0.3) is 0 Å². The number of ether oxygens (including phenoxy) is 1. The van der Waals surface area contributed by atoms with Crippen molar-refractivity contribution in [2.24, 2.45) is 0 Å². The molecule has 3 N–H and O–H groups in total. The average Bonchev–Trinajstić information content (AvgIpc) is 2.34. The van der Waals surface area contributed by atoms with Crippen LogP contribution in [-0.4, -0.2) is 40.8 Å². The molecule has 0 aliphatic rings. The van der Waals surface area contributed by atoms with Gasteiger partial charge in [-0.25, -0.2) is 0 Å². The highest BCUT2D eigenvalue weighted by molar-refractivity contribution is 9.11. The molecule has 0 amide bonds. The topological polar surface area (TPSA) is 30.3 Å². The van der Waals surface area contributed by atoms with Crippen molar-refractivity contribution in [3.63, 3.8) is 0 Å². The lowest BCUT2D eigenvalue weighted by molar-refractivity contribution is -0.858. The maximum Gasteiger partial charge on any atom is 0.147 e. The summed E-state index contributed by atoms with van der Waals surface area (Å²) in [5.74, 6) is 0.914. The van der Waals surface area contributed by atoms with E-state index >= 15 is 0 Å². The molecule has 0 spiro atoms. The second-order valence-corrected chi connectivity index (χ2v) is 6.70. The van der Waals surface area contributed by atoms with Crippen LogP contribution in [-0.2, 0) is 6.42 Å². The molecule has 7 heteroatoms. The Morgan fingerprint density at radius 2 is 1.71 bits per heavy atom. The lowest BCUT2D eigenvalue weighted by atomic mass is 10.1. The number of rotatable bonds is 8. The highest BCUT2D eigenvalue weighted by Crippen LogP contribution is 2.34. The second-order valence-electron chi connectivity index (χ2n) is 4.99. The minimum atomic E-state index is 0. The van der Waals surface area contributed by atoms with Crippen molar-refractivity contribution < 1.29 is 39.8 Å². The van der Waals surface area contributed by atoms with E-state index in [0.717, 1.165) is 47.2 Å². The number of quaternary nitrogens is 2. The Bertz CT molecular complexity index is 384. The van der Waals surface area contributed by atoms with E-state index in [9.17, 15) is 0 Å². The van der Waals surface area contributed by atoms with Gasteiger partial charge >= 0.3 is 0 Å². The number of nitrogens with two attached hydrogens (primary N) is 1. The monoisotopic (exact) mass is 464 g/mol. The lowest BCUT2D eigenvalue weighted by Crippen LogP contribution is -3.05. The first kappa shape index (κ1) is 23.7. The van der Waals surface area contributed by atoms with Crippen molar-refractivity contribution in [1.82, 2.24) is 0 Å². The molecule has 124 valence electrons. The third-order valence-electron chi connectivity index (χ3n) is 2.86. The first-order chi connectivity index (χ1) is 9.04. The quantitative estimate of drug-likeness (QED) is 0.369. The molecule has 0 atom stereocenters. The lowest BCUT2D eigenvalue weighted by Gasteiger charge is -2.13. The zero-order valence-corrected chi connectivity index (χ0v) is 17.4. The van der Waals surface area contributed by atoms with Crippen molar-refractivity contribution >= 4 is 31.9 Å². The van der Waals surface area contributed by atoms with Gasteiger partial charge in [0, 0.05) is 12.8 Å². The van der Waals surface area contributed by atoms with E-state index in [1.165, 1.54) is 10.5 Å². The van der Waals surface area contributed by atoms with Crippen molar-refractivity contribution in [3.8, 4) is 5.75 Å². The second kappa shape index (κ2) is 13.0. The summed E-state index contributed by atoms with van der Waals surface area (Å²) in [7, 11) is 6.42. The van der Waals surface area contributed by atoms with Gasteiger partial charge in [0.15, 0.2) is 0 Å². The average molecular weight is 467 g/mol. The van der Waals surface area contributed by atoms with Gasteiger partial charge in [0.1, 0.15) is 5.75 Å². The minimum absolute atomic E-state index is 0. The van der Waals surface area contributed by atoms with Crippen LogP contribution in [0.2, 0.25) is 0 Å². The molecular formula is C14H24Br2Cl2N2O. The summed E-state index contributed by atoms with van der Waals surface area (Å²) in [5, 5.41) is 2.17. The van der Waals surface area contributed by atoms with Crippen LogP contribution < -0.4 is 39.8 Å². The normalized spacial score (nSPS) is 10.0. The summed E-state index contributed by atoms with van der Waals surface area (Å²) >= 11 is 7.21. The van der Waals surface area contributed by atoms with Crippen LogP contribution in [0.5, 0.6) is 5.75 Å². The van der Waals surface area contributed by atoms with Crippen LogP contribution >= 0.6 is 31.9 Å². The third-order valence-corrected chi connectivity index (χ3v) is 4.03. The van der Waals surface area contributed by atoms with E-state index < -0.39 is 0 Å². The fourth-order valence-corrected chi connectivity index (χ4v) is 3.26. The van der Waals surface area contributed by atoms with E-state index in [1.807, 2.05) is 0 Å². The molecule has 0 saturated carbocycles. The largest absolute Gasteiger partial charge is 1.00 e. The van der Waals surface area contributed by atoms with Crippen LogP contribution in [0.4, 0.5) is 0 Å². The zero-order valence-electron chi connectivity index (χ0n) is 12.7. The summed E-state index contributed by atoms with van der Waals surface area (Å²) in [6.07, 6.45) is 2.13. The number of likely N-dealkylation sites (N-methyl/N-ethyl adjacent to an activating group) is 1. The molecule has 0 fully saturated rings. The summed E-state index contributed by atoms with van der Waals surface area (Å²) in [4.78, 5) is 1.46. The molecule has 0 aliphatic heterocycles. The summed E-state index contributed by atoms with van der Waals surface area (Å²) in [6, 6.07) is 4.32. The Labute approximate surface area is 157 Å². The van der Waals surface area contributed by atoms with Gasteiger partial charge in [-0.1, -0.05) is 0 Å². The Morgan fingerprint density at radius 1 is 1.14 bits per heavy atom. The van der Waals surface area contributed by atoms with Gasteiger partial charge in [0.25, 0.3) is 0 Å². The number of halogens is 4. The van der Waals surface area contributed by atoms with Crippen LogP contribution in [0.3, 0.4) is 0 Å². The molecule has 0 aromatic heterocycles. The molecule has 21 heavy (non-hydrogen) atoms. The highest BCUT2D eigenvalue weighted by Gasteiger charge is 2.10.